The van der Waals surface area contributed by atoms with E-state index in [4.69, 9.17) is 16.3 Å². The fourth-order valence-corrected chi connectivity index (χ4v) is 3.59. The van der Waals surface area contributed by atoms with E-state index < -0.39 is 4.92 Å². The molecule has 2 N–H and O–H groups in total. The summed E-state index contributed by atoms with van der Waals surface area (Å²) >= 11 is 5.81. The summed E-state index contributed by atoms with van der Waals surface area (Å²) in [6, 6.07) is 12.2. The number of quaternary nitrogens is 1. The second-order valence-electron chi connectivity index (χ2n) is 6.78. The summed E-state index contributed by atoms with van der Waals surface area (Å²) in [6.07, 6.45) is 0. The van der Waals surface area contributed by atoms with Gasteiger partial charge in [0.05, 0.1) is 43.4 Å². The lowest BCUT2D eigenvalue weighted by Gasteiger charge is -2.34. The van der Waals surface area contributed by atoms with Gasteiger partial charge in [-0.15, -0.1) is 0 Å². The zero-order valence-electron chi connectivity index (χ0n) is 16.2. The van der Waals surface area contributed by atoms with Crippen LogP contribution < -0.4 is 19.9 Å². The maximum atomic E-state index is 12.4. The van der Waals surface area contributed by atoms with Crippen molar-refractivity contribution in [3.8, 4) is 5.75 Å². The molecule has 9 heteroatoms. The van der Waals surface area contributed by atoms with Crippen molar-refractivity contribution in [2.45, 2.75) is 6.92 Å². The second-order valence-corrected chi connectivity index (χ2v) is 7.22. The van der Waals surface area contributed by atoms with Crippen LogP contribution in [0.25, 0.3) is 0 Å². The van der Waals surface area contributed by atoms with Gasteiger partial charge in [-0.05, 0) is 31.2 Å². The molecule has 2 aromatic carbocycles. The quantitative estimate of drug-likeness (QED) is 0.529. The van der Waals surface area contributed by atoms with E-state index in [1.165, 1.54) is 18.2 Å². The number of ether oxygens (including phenoxy) is 1. The van der Waals surface area contributed by atoms with E-state index in [2.05, 4.69) is 10.2 Å². The Morgan fingerprint density at radius 3 is 2.69 bits per heavy atom. The number of nitro groups is 1. The van der Waals surface area contributed by atoms with E-state index in [-0.39, 0.29) is 28.8 Å². The minimum absolute atomic E-state index is 0.160. The highest BCUT2D eigenvalue weighted by molar-refractivity contribution is 6.31. The van der Waals surface area contributed by atoms with Crippen molar-refractivity contribution < 1.29 is 19.4 Å². The first kappa shape index (κ1) is 20.9. The van der Waals surface area contributed by atoms with Crippen LogP contribution in [-0.4, -0.2) is 50.2 Å². The number of hydrogen-bond acceptors (Lipinski definition) is 5. The molecule has 1 saturated heterocycles. The predicted octanol–water partition coefficient (Wildman–Crippen LogP) is 1.99. The molecule has 8 nitrogen and oxygen atoms in total. The first-order valence-corrected chi connectivity index (χ1v) is 9.90. The first-order valence-electron chi connectivity index (χ1n) is 9.52. The number of nitro benzene ring substituents is 1. The Kier molecular flexibility index (Phi) is 6.90. The van der Waals surface area contributed by atoms with Gasteiger partial charge in [-0.3, -0.25) is 14.9 Å². The third kappa shape index (κ3) is 5.36. The number of amides is 1. The summed E-state index contributed by atoms with van der Waals surface area (Å²) in [5, 5.41) is 14.1. The zero-order chi connectivity index (χ0) is 20.8. The Hall–Kier alpha value is -2.84. The predicted molar refractivity (Wildman–Crippen MR) is 112 cm³/mol. The third-order valence-corrected chi connectivity index (χ3v) is 5.05. The van der Waals surface area contributed by atoms with Gasteiger partial charge in [0.15, 0.2) is 6.54 Å². The van der Waals surface area contributed by atoms with Gasteiger partial charge >= 0.3 is 0 Å². The van der Waals surface area contributed by atoms with Crippen molar-refractivity contribution in [1.82, 2.24) is 0 Å². The lowest BCUT2D eigenvalue weighted by Crippen LogP contribution is -3.15. The van der Waals surface area contributed by atoms with E-state index in [9.17, 15) is 14.9 Å². The van der Waals surface area contributed by atoms with Gasteiger partial charge in [-0.1, -0.05) is 23.7 Å². The Balaban J connectivity index is 1.56. The Labute approximate surface area is 174 Å². The van der Waals surface area contributed by atoms with E-state index in [1.54, 1.807) is 0 Å². The topological polar surface area (TPSA) is 89.2 Å². The monoisotopic (exact) mass is 419 g/mol. The van der Waals surface area contributed by atoms with Crippen molar-refractivity contribution in [2.75, 3.05) is 49.5 Å². The van der Waals surface area contributed by atoms with Gasteiger partial charge in [0.2, 0.25) is 0 Å². The van der Waals surface area contributed by atoms with Gasteiger partial charge in [0.25, 0.3) is 11.6 Å². The van der Waals surface area contributed by atoms with Crippen molar-refractivity contribution in [3.63, 3.8) is 0 Å². The van der Waals surface area contributed by atoms with Crippen molar-refractivity contribution in [3.05, 3.63) is 57.6 Å². The number of carbonyl (C=O) groups excluding carboxylic acids is 1. The van der Waals surface area contributed by atoms with Gasteiger partial charge in [0.1, 0.15) is 11.4 Å². The van der Waals surface area contributed by atoms with Crippen LogP contribution in [0.4, 0.5) is 17.1 Å². The smallest absolute Gasteiger partial charge is 0.294 e. The molecular formula is C20H24ClN4O4+. The first-order chi connectivity index (χ1) is 14.0. The molecule has 0 saturated carbocycles. The Morgan fingerprint density at radius 2 is 2.00 bits per heavy atom. The molecule has 0 spiro atoms. The summed E-state index contributed by atoms with van der Waals surface area (Å²) in [5.74, 6) is 0.611. The number of nitrogens with zero attached hydrogens (tertiary/aromatic N) is 2. The van der Waals surface area contributed by atoms with E-state index in [0.29, 0.717) is 6.61 Å². The van der Waals surface area contributed by atoms with Crippen molar-refractivity contribution >= 4 is 34.6 Å². The number of para-hydroxylation sites is 2. The molecule has 0 atom stereocenters. The fraction of sp³-hybridized carbons (Fsp3) is 0.350. The van der Waals surface area contributed by atoms with Crippen LogP contribution in [0.3, 0.4) is 0 Å². The van der Waals surface area contributed by atoms with Crippen LogP contribution in [0.2, 0.25) is 5.02 Å². The molecule has 1 aliphatic rings. The summed E-state index contributed by atoms with van der Waals surface area (Å²) < 4.78 is 5.71. The number of piperazine rings is 1. The molecule has 1 heterocycles. The fourth-order valence-electron chi connectivity index (χ4n) is 3.42. The van der Waals surface area contributed by atoms with E-state index >= 15 is 0 Å². The molecule has 1 aliphatic heterocycles. The summed E-state index contributed by atoms with van der Waals surface area (Å²) in [5.41, 5.74) is 1.01. The lowest BCUT2D eigenvalue weighted by atomic mass is 10.2. The highest BCUT2D eigenvalue weighted by atomic mass is 35.5. The number of hydrogen-bond donors (Lipinski definition) is 2. The standard InChI is InChI=1S/C20H23ClN4O4/c1-2-29-19-6-4-3-5-17(19)24-11-9-23(10-12-24)14-20(26)22-16-8-7-15(21)13-18(16)25(27)28/h3-8,13H,2,9-12,14H2,1H3,(H,22,26)/p+1. The van der Waals surface area contributed by atoms with Crippen LogP contribution in [-0.2, 0) is 4.79 Å². The van der Waals surface area contributed by atoms with Crippen LogP contribution in [0.1, 0.15) is 6.92 Å². The highest BCUT2D eigenvalue weighted by Gasteiger charge is 2.25. The summed E-state index contributed by atoms with van der Waals surface area (Å²) in [4.78, 5) is 26.4. The average molecular weight is 420 g/mol. The van der Waals surface area contributed by atoms with Gasteiger partial charge in [-0.25, -0.2) is 0 Å². The van der Waals surface area contributed by atoms with Crippen LogP contribution in [0.5, 0.6) is 5.75 Å². The summed E-state index contributed by atoms with van der Waals surface area (Å²) in [7, 11) is 0. The summed E-state index contributed by atoms with van der Waals surface area (Å²) in [6.45, 7) is 6.00. The van der Waals surface area contributed by atoms with Gasteiger partial charge < -0.3 is 19.9 Å². The minimum atomic E-state index is -0.553. The van der Waals surface area contributed by atoms with E-state index in [0.717, 1.165) is 42.5 Å². The number of rotatable bonds is 7. The molecule has 2 aromatic rings. The highest BCUT2D eigenvalue weighted by Crippen LogP contribution is 2.28. The SMILES string of the molecule is CCOc1ccccc1N1CC[NH+](CC(=O)Nc2ccc(Cl)cc2[N+](=O)[O-])CC1. The third-order valence-electron chi connectivity index (χ3n) is 4.82. The zero-order valence-corrected chi connectivity index (χ0v) is 16.9. The van der Waals surface area contributed by atoms with Crippen LogP contribution >= 0.6 is 11.6 Å². The van der Waals surface area contributed by atoms with Crippen molar-refractivity contribution in [2.24, 2.45) is 0 Å². The molecule has 3 rings (SSSR count). The maximum Gasteiger partial charge on any atom is 0.294 e. The average Bonchev–Trinajstić information content (AvgIpc) is 2.70. The van der Waals surface area contributed by atoms with Crippen LogP contribution in [0.15, 0.2) is 42.5 Å². The molecule has 0 bridgehead atoms. The molecule has 154 valence electrons. The Morgan fingerprint density at radius 1 is 1.28 bits per heavy atom. The molecule has 0 radical (unpaired) electrons. The molecule has 0 aliphatic carbocycles. The number of anilines is 2. The number of carbonyl (C=O) groups is 1. The molecular weight excluding hydrogens is 396 g/mol. The molecule has 29 heavy (non-hydrogen) atoms. The number of nitrogens with one attached hydrogen (secondary N) is 2. The molecule has 0 unspecified atom stereocenters. The maximum absolute atomic E-state index is 12.4. The van der Waals surface area contributed by atoms with Crippen LogP contribution in [0, 0.1) is 10.1 Å². The molecule has 1 fully saturated rings. The van der Waals surface area contributed by atoms with Crippen molar-refractivity contribution in [1.29, 1.82) is 0 Å². The van der Waals surface area contributed by atoms with E-state index in [1.807, 2.05) is 31.2 Å². The number of benzene rings is 2. The Bertz CT molecular complexity index is 885. The molecule has 1 amide bonds. The largest absolute Gasteiger partial charge is 0.492 e. The number of halogens is 1. The normalized spacial score (nSPS) is 14.5. The lowest BCUT2D eigenvalue weighted by molar-refractivity contribution is -0.892. The molecule has 0 aromatic heterocycles. The van der Waals surface area contributed by atoms with Gasteiger partial charge in [-0.2, -0.15) is 0 Å². The minimum Gasteiger partial charge on any atom is -0.492 e. The van der Waals surface area contributed by atoms with Gasteiger partial charge in [0, 0.05) is 11.1 Å². The second kappa shape index (κ2) is 9.58.